The second-order valence-electron chi connectivity index (χ2n) is 1.32. The zero-order valence-corrected chi connectivity index (χ0v) is 6.21. The first-order chi connectivity index (χ1) is 3.85. The molecule has 0 heterocycles. The van der Waals surface area contributed by atoms with E-state index in [1.807, 2.05) is 19.1 Å². The molecule has 0 N–H and O–H groups in total. The van der Waals surface area contributed by atoms with E-state index in [-0.39, 0.29) is 0 Å². The molecule has 0 spiro atoms. The lowest BCUT2D eigenvalue weighted by molar-refractivity contribution is 1.53. The molecule has 0 amide bonds. The number of hydrogen-bond donors (Lipinski definition) is 0. The summed E-state index contributed by atoms with van der Waals surface area (Å²) in [7, 11) is 0. The topological polar surface area (TPSA) is 0 Å². The normalized spacial score (nSPS) is 13.1. The molecule has 0 saturated carbocycles. The van der Waals surface area contributed by atoms with Crippen LogP contribution in [0.25, 0.3) is 0 Å². The highest BCUT2D eigenvalue weighted by Gasteiger charge is 1.82. The largest absolute Gasteiger partial charge is 0.122 e. The highest BCUT2D eigenvalue weighted by molar-refractivity contribution is 6.27. The van der Waals surface area contributed by atoms with E-state index >= 15 is 0 Å². The van der Waals surface area contributed by atoms with Gasteiger partial charge in [-0.05, 0) is 12.5 Å². The number of rotatable bonds is 2. The van der Waals surface area contributed by atoms with Crippen LogP contribution in [0.15, 0.2) is 23.3 Å². The number of halogens is 2. The van der Waals surface area contributed by atoms with Crippen LogP contribution in [0.1, 0.15) is 6.92 Å². The molecule has 0 aromatic heterocycles. The summed E-state index contributed by atoms with van der Waals surface area (Å²) in [6, 6.07) is 0. The van der Waals surface area contributed by atoms with Crippen molar-refractivity contribution in [2.75, 3.05) is 5.88 Å². The molecule has 0 radical (unpaired) electrons. The average molecular weight is 151 g/mol. The number of hydrogen-bond acceptors (Lipinski definition) is 0. The standard InChI is InChI=1S/C6H8Cl2/c1-2-3-6(4-7)5-8/h2-4H,5H2,1H3/b3-2-,6-4+. The molecule has 0 aliphatic heterocycles. The van der Waals surface area contributed by atoms with Crippen LogP contribution in [-0.2, 0) is 0 Å². The summed E-state index contributed by atoms with van der Waals surface area (Å²) in [5, 5.41) is 0. The van der Waals surface area contributed by atoms with Crippen LogP contribution in [0.2, 0.25) is 0 Å². The molecule has 0 aromatic carbocycles. The monoisotopic (exact) mass is 150 g/mol. The molecular formula is C6H8Cl2. The van der Waals surface area contributed by atoms with E-state index in [1.54, 1.807) is 0 Å². The molecule has 0 aliphatic carbocycles. The summed E-state index contributed by atoms with van der Waals surface area (Å²) in [5.74, 6) is 0.480. The zero-order chi connectivity index (χ0) is 6.41. The van der Waals surface area contributed by atoms with E-state index in [0.29, 0.717) is 5.88 Å². The lowest BCUT2D eigenvalue weighted by atomic mass is 10.3. The Morgan fingerprint density at radius 1 is 1.62 bits per heavy atom. The molecule has 8 heavy (non-hydrogen) atoms. The fraction of sp³-hybridized carbons (Fsp3) is 0.333. The fourth-order valence-electron chi connectivity index (χ4n) is 0.324. The van der Waals surface area contributed by atoms with Gasteiger partial charge in [-0.25, -0.2) is 0 Å². The zero-order valence-electron chi connectivity index (χ0n) is 4.70. The maximum absolute atomic E-state index is 5.44. The van der Waals surface area contributed by atoms with E-state index in [2.05, 4.69) is 0 Å². The van der Waals surface area contributed by atoms with Crippen LogP contribution < -0.4 is 0 Å². The average Bonchev–Trinajstić information content (AvgIpc) is 1.83. The molecule has 0 fully saturated rings. The highest BCUT2D eigenvalue weighted by atomic mass is 35.5. The van der Waals surface area contributed by atoms with Crippen molar-refractivity contribution < 1.29 is 0 Å². The van der Waals surface area contributed by atoms with E-state index in [1.165, 1.54) is 5.54 Å². The summed E-state index contributed by atoms with van der Waals surface area (Å²) < 4.78 is 0. The summed E-state index contributed by atoms with van der Waals surface area (Å²) in [6.45, 7) is 1.92. The van der Waals surface area contributed by atoms with Gasteiger partial charge in [0.2, 0.25) is 0 Å². The van der Waals surface area contributed by atoms with E-state index < -0.39 is 0 Å². The van der Waals surface area contributed by atoms with Crippen molar-refractivity contribution in [3.8, 4) is 0 Å². The minimum atomic E-state index is 0.480. The summed E-state index contributed by atoms with van der Waals surface area (Å²) >= 11 is 10.8. The Hall–Kier alpha value is 0.0600. The summed E-state index contributed by atoms with van der Waals surface area (Å²) in [4.78, 5) is 0. The molecule has 0 atom stereocenters. The van der Waals surface area contributed by atoms with Crippen molar-refractivity contribution in [3.05, 3.63) is 23.3 Å². The second-order valence-corrected chi connectivity index (χ2v) is 1.80. The Bertz CT molecular complexity index is 100. The van der Waals surface area contributed by atoms with Crippen LogP contribution >= 0.6 is 23.2 Å². The lowest BCUT2D eigenvalue weighted by Crippen LogP contribution is -1.73. The number of alkyl halides is 1. The van der Waals surface area contributed by atoms with Gasteiger partial charge in [0.1, 0.15) is 0 Å². The molecule has 0 nitrogen and oxygen atoms in total. The maximum Gasteiger partial charge on any atom is 0.0482 e. The Labute approximate surface area is 59.8 Å². The first-order valence-electron chi connectivity index (χ1n) is 2.33. The predicted molar refractivity (Wildman–Crippen MR) is 39.5 cm³/mol. The van der Waals surface area contributed by atoms with Crippen LogP contribution in [-0.4, -0.2) is 5.88 Å². The maximum atomic E-state index is 5.44. The van der Waals surface area contributed by atoms with Gasteiger partial charge in [-0.3, -0.25) is 0 Å². The molecule has 0 saturated heterocycles. The smallest absolute Gasteiger partial charge is 0.0482 e. The molecule has 46 valence electrons. The van der Waals surface area contributed by atoms with E-state index in [9.17, 15) is 0 Å². The van der Waals surface area contributed by atoms with Crippen molar-refractivity contribution >= 4 is 23.2 Å². The molecule has 0 aliphatic rings. The lowest BCUT2D eigenvalue weighted by Gasteiger charge is -1.86. The molecule has 2 heteroatoms. The van der Waals surface area contributed by atoms with Crippen LogP contribution in [0, 0.1) is 0 Å². The van der Waals surface area contributed by atoms with Gasteiger partial charge in [0, 0.05) is 11.4 Å². The molecular weight excluding hydrogens is 143 g/mol. The molecule has 0 bridgehead atoms. The second kappa shape index (κ2) is 5.20. The summed E-state index contributed by atoms with van der Waals surface area (Å²) in [6.07, 6.45) is 3.77. The third-order valence-electron chi connectivity index (χ3n) is 0.675. The van der Waals surface area contributed by atoms with Gasteiger partial charge in [-0.1, -0.05) is 23.8 Å². The third kappa shape index (κ3) is 3.11. The van der Waals surface area contributed by atoms with Crippen molar-refractivity contribution in [2.24, 2.45) is 0 Å². The van der Waals surface area contributed by atoms with Crippen molar-refractivity contribution in [1.82, 2.24) is 0 Å². The van der Waals surface area contributed by atoms with Gasteiger partial charge >= 0.3 is 0 Å². The van der Waals surface area contributed by atoms with Crippen molar-refractivity contribution in [3.63, 3.8) is 0 Å². The first kappa shape index (κ1) is 8.06. The SMILES string of the molecule is C/C=C\C(=C/Cl)CCl. The fourth-order valence-corrected chi connectivity index (χ4v) is 0.719. The minimum absolute atomic E-state index is 0.480. The van der Waals surface area contributed by atoms with Gasteiger partial charge in [-0.15, -0.1) is 11.6 Å². The molecule has 0 unspecified atom stereocenters. The predicted octanol–water partition coefficient (Wildman–Crippen LogP) is 2.92. The van der Waals surface area contributed by atoms with Gasteiger partial charge in [0.25, 0.3) is 0 Å². The first-order valence-corrected chi connectivity index (χ1v) is 3.30. The van der Waals surface area contributed by atoms with E-state index in [4.69, 9.17) is 23.2 Å². The highest BCUT2D eigenvalue weighted by Crippen LogP contribution is 2.00. The Morgan fingerprint density at radius 3 is 2.38 bits per heavy atom. The van der Waals surface area contributed by atoms with Gasteiger partial charge < -0.3 is 0 Å². The van der Waals surface area contributed by atoms with Crippen LogP contribution in [0.5, 0.6) is 0 Å². The Kier molecular flexibility index (Phi) is 5.24. The number of allylic oxidation sites excluding steroid dienone is 3. The third-order valence-corrected chi connectivity index (χ3v) is 1.26. The van der Waals surface area contributed by atoms with Gasteiger partial charge in [0.15, 0.2) is 0 Å². The quantitative estimate of drug-likeness (QED) is 0.420. The van der Waals surface area contributed by atoms with E-state index in [0.717, 1.165) is 5.57 Å². The molecule has 0 aromatic rings. The van der Waals surface area contributed by atoms with Crippen LogP contribution in [0.4, 0.5) is 0 Å². The Balaban J connectivity index is 3.72. The van der Waals surface area contributed by atoms with Crippen molar-refractivity contribution in [2.45, 2.75) is 6.92 Å². The summed E-state index contributed by atoms with van der Waals surface area (Å²) in [5.41, 5.74) is 2.42. The molecule has 0 rings (SSSR count). The van der Waals surface area contributed by atoms with Crippen LogP contribution in [0.3, 0.4) is 0 Å². The minimum Gasteiger partial charge on any atom is -0.122 e. The van der Waals surface area contributed by atoms with Gasteiger partial charge in [0.05, 0.1) is 0 Å². The van der Waals surface area contributed by atoms with Gasteiger partial charge in [-0.2, -0.15) is 0 Å². The van der Waals surface area contributed by atoms with Crippen molar-refractivity contribution in [1.29, 1.82) is 0 Å². The Morgan fingerprint density at radius 2 is 2.25 bits per heavy atom.